The molecule has 5 nitrogen and oxygen atoms in total. The van der Waals surface area contributed by atoms with Gasteiger partial charge in [-0.15, -0.1) is 0 Å². The van der Waals surface area contributed by atoms with Crippen molar-refractivity contribution in [3.8, 4) is 0 Å². The van der Waals surface area contributed by atoms with Crippen LogP contribution >= 0.6 is 0 Å². The Balaban J connectivity index is 2.68. The Bertz CT molecular complexity index is 441. The first-order valence-electron chi connectivity index (χ1n) is 6.13. The van der Waals surface area contributed by atoms with E-state index >= 15 is 0 Å². The topological polar surface area (TPSA) is 60.9 Å². The fraction of sp³-hybridized carbons (Fsp3) is 0.429. The molecule has 0 bridgehead atoms. The van der Waals surface area contributed by atoms with Crippen LogP contribution in [0.2, 0.25) is 0 Å². The first-order chi connectivity index (χ1) is 8.90. The monoisotopic (exact) mass is 264 g/mol. The Kier molecular flexibility index (Phi) is 5.36. The third-order valence-corrected chi connectivity index (χ3v) is 2.87. The van der Waals surface area contributed by atoms with E-state index in [0.717, 1.165) is 11.3 Å². The number of rotatable bonds is 6. The van der Waals surface area contributed by atoms with Gasteiger partial charge in [0.05, 0.1) is 6.42 Å². The molecule has 1 rings (SSSR count). The van der Waals surface area contributed by atoms with Crippen molar-refractivity contribution < 1.29 is 14.7 Å². The minimum absolute atomic E-state index is 0.0324. The van der Waals surface area contributed by atoms with Crippen molar-refractivity contribution in [2.45, 2.75) is 19.9 Å². The van der Waals surface area contributed by atoms with Crippen LogP contribution in [0.25, 0.3) is 0 Å². The minimum Gasteiger partial charge on any atom is -0.481 e. The summed E-state index contributed by atoms with van der Waals surface area (Å²) in [7, 11) is 3.92. The summed E-state index contributed by atoms with van der Waals surface area (Å²) in [5.41, 5.74) is 2.08. The lowest BCUT2D eigenvalue weighted by Crippen LogP contribution is -2.30. The average molecular weight is 264 g/mol. The molecule has 0 aliphatic heterocycles. The molecule has 19 heavy (non-hydrogen) atoms. The highest BCUT2D eigenvalue weighted by molar-refractivity contribution is 5.74. The molecule has 0 saturated heterocycles. The molecular weight excluding hydrogens is 244 g/mol. The van der Waals surface area contributed by atoms with E-state index in [9.17, 15) is 9.59 Å². The molecule has 0 heterocycles. The van der Waals surface area contributed by atoms with Crippen LogP contribution in [0.4, 0.5) is 5.69 Å². The van der Waals surface area contributed by atoms with Crippen molar-refractivity contribution in [1.29, 1.82) is 0 Å². The first-order valence-corrected chi connectivity index (χ1v) is 6.13. The largest absolute Gasteiger partial charge is 0.481 e. The zero-order valence-corrected chi connectivity index (χ0v) is 11.6. The lowest BCUT2D eigenvalue weighted by atomic mass is 10.2. The predicted octanol–water partition coefficient (Wildman–Crippen LogP) is 1.58. The maximum Gasteiger partial charge on any atom is 0.305 e. The van der Waals surface area contributed by atoms with Crippen LogP contribution in [0.5, 0.6) is 0 Å². The molecule has 1 N–H and O–H groups in total. The van der Waals surface area contributed by atoms with E-state index in [2.05, 4.69) is 0 Å². The molecule has 0 fully saturated rings. The summed E-state index contributed by atoms with van der Waals surface area (Å²) in [4.78, 5) is 25.6. The zero-order valence-electron chi connectivity index (χ0n) is 11.6. The van der Waals surface area contributed by atoms with E-state index in [1.54, 1.807) is 4.90 Å². The van der Waals surface area contributed by atoms with Crippen LogP contribution in [-0.2, 0) is 16.1 Å². The maximum atomic E-state index is 11.5. The van der Waals surface area contributed by atoms with Crippen LogP contribution in [0.1, 0.15) is 18.9 Å². The van der Waals surface area contributed by atoms with E-state index in [0.29, 0.717) is 6.54 Å². The number of carbonyl (C=O) groups excluding carboxylic acids is 1. The van der Waals surface area contributed by atoms with Gasteiger partial charge in [0.2, 0.25) is 5.91 Å². The van der Waals surface area contributed by atoms with Gasteiger partial charge in [-0.05, 0) is 17.7 Å². The summed E-state index contributed by atoms with van der Waals surface area (Å²) in [6, 6.07) is 7.85. The number of carboxylic acid groups (broad SMARTS) is 1. The number of hydrogen-bond acceptors (Lipinski definition) is 3. The van der Waals surface area contributed by atoms with Gasteiger partial charge in [-0.1, -0.05) is 12.1 Å². The standard InChI is InChI=1S/C14H20N2O3/c1-11(17)16(9-8-14(18)19)10-12-4-6-13(7-5-12)15(2)3/h4-7H,8-10H2,1-3H3,(H,18,19). The number of carbonyl (C=O) groups is 2. The van der Waals surface area contributed by atoms with E-state index in [-0.39, 0.29) is 18.9 Å². The molecule has 0 aromatic heterocycles. The van der Waals surface area contributed by atoms with E-state index in [1.165, 1.54) is 6.92 Å². The van der Waals surface area contributed by atoms with E-state index < -0.39 is 5.97 Å². The van der Waals surface area contributed by atoms with Crippen molar-refractivity contribution in [2.75, 3.05) is 25.5 Å². The molecule has 0 aliphatic rings. The molecular formula is C14H20N2O3. The molecule has 0 radical (unpaired) electrons. The van der Waals surface area contributed by atoms with Crippen LogP contribution in [0, 0.1) is 0 Å². The van der Waals surface area contributed by atoms with Gasteiger partial charge in [0.25, 0.3) is 0 Å². The highest BCUT2D eigenvalue weighted by Crippen LogP contribution is 2.14. The summed E-state index contributed by atoms with van der Waals surface area (Å²) in [5, 5.41) is 8.66. The summed E-state index contributed by atoms with van der Waals surface area (Å²) in [6.07, 6.45) is -0.0324. The number of hydrogen-bond donors (Lipinski definition) is 1. The van der Waals surface area contributed by atoms with Gasteiger partial charge in [-0.25, -0.2) is 0 Å². The molecule has 0 atom stereocenters. The SMILES string of the molecule is CC(=O)N(CCC(=O)O)Cc1ccc(N(C)C)cc1. The number of carboxylic acids is 1. The second-order valence-corrected chi connectivity index (χ2v) is 4.65. The van der Waals surface area contributed by atoms with Crippen molar-refractivity contribution in [1.82, 2.24) is 4.90 Å². The highest BCUT2D eigenvalue weighted by Gasteiger charge is 2.11. The number of nitrogens with zero attached hydrogens (tertiary/aromatic N) is 2. The van der Waals surface area contributed by atoms with E-state index in [4.69, 9.17) is 5.11 Å². The van der Waals surface area contributed by atoms with Gasteiger partial charge < -0.3 is 14.9 Å². The normalized spacial score (nSPS) is 10.1. The second-order valence-electron chi connectivity index (χ2n) is 4.65. The Hall–Kier alpha value is -2.04. The average Bonchev–Trinajstić information content (AvgIpc) is 2.34. The van der Waals surface area contributed by atoms with E-state index in [1.807, 2.05) is 43.3 Å². The Morgan fingerprint density at radius 2 is 1.74 bits per heavy atom. The summed E-state index contributed by atoms with van der Waals surface area (Å²) < 4.78 is 0. The van der Waals surface area contributed by atoms with Crippen molar-refractivity contribution >= 4 is 17.6 Å². The predicted molar refractivity (Wildman–Crippen MR) is 74.1 cm³/mol. The molecule has 104 valence electrons. The highest BCUT2D eigenvalue weighted by atomic mass is 16.4. The van der Waals surface area contributed by atoms with Gasteiger partial charge in [0.1, 0.15) is 0 Å². The van der Waals surface area contributed by atoms with Crippen molar-refractivity contribution in [3.05, 3.63) is 29.8 Å². The first kappa shape index (κ1) is 15.0. The molecule has 1 aromatic rings. The van der Waals surface area contributed by atoms with Gasteiger partial charge in [0.15, 0.2) is 0 Å². The molecule has 0 aliphatic carbocycles. The molecule has 1 amide bonds. The lowest BCUT2D eigenvalue weighted by Gasteiger charge is -2.21. The Morgan fingerprint density at radius 1 is 1.16 bits per heavy atom. The summed E-state index contributed by atoms with van der Waals surface area (Å²) >= 11 is 0. The fourth-order valence-electron chi connectivity index (χ4n) is 1.70. The third kappa shape index (κ3) is 4.99. The quantitative estimate of drug-likeness (QED) is 0.847. The smallest absolute Gasteiger partial charge is 0.305 e. The lowest BCUT2D eigenvalue weighted by molar-refractivity contribution is -0.138. The number of amides is 1. The Labute approximate surface area is 113 Å². The number of benzene rings is 1. The minimum atomic E-state index is -0.894. The third-order valence-electron chi connectivity index (χ3n) is 2.87. The van der Waals surface area contributed by atoms with Crippen LogP contribution in [0.15, 0.2) is 24.3 Å². The van der Waals surface area contributed by atoms with Crippen molar-refractivity contribution in [3.63, 3.8) is 0 Å². The van der Waals surface area contributed by atoms with Crippen LogP contribution in [0.3, 0.4) is 0 Å². The number of aliphatic carboxylic acids is 1. The molecule has 1 aromatic carbocycles. The molecule has 0 saturated carbocycles. The molecule has 0 spiro atoms. The summed E-state index contributed by atoms with van der Waals surface area (Å²) in [6.45, 7) is 2.13. The van der Waals surface area contributed by atoms with Crippen molar-refractivity contribution in [2.24, 2.45) is 0 Å². The van der Waals surface area contributed by atoms with Gasteiger partial charge >= 0.3 is 5.97 Å². The van der Waals surface area contributed by atoms with Crippen LogP contribution in [-0.4, -0.2) is 42.5 Å². The van der Waals surface area contributed by atoms with Crippen LogP contribution < -0.4 is 4.90 Å². The van der Waals surface area contributed by atoms with Gasteiger partial charge in [0, 0.05) is 39.8 Å². The summed E-state index contributed by atoms with van der Waals surface area (Å²) in [5.74, 6) is -1.01. The number of anilines is 1. The molecule has 0 unspecified atom stereocenters. The second kappa shape index (κ2) is 6.78. The zero-order chi connectivity index (χ0) is 14.4. The Morgan fingerprint density at radius 3 is 2.16 bits per heavy atom. The maximum absolute atomic E-state index is 11.5. The molecule has 5 heteroatoms. The van der Waals surface area contributed by atoms with Gasteiger partial charge in [-0.2, -0.15) is 0 Å². The van der Waals surface area contributed by atoms with Gasteiger partial charge in [-0.3, -0.25) is 9.59 Å². The fourth-order valence-corrected chi connectivity index (χ4v) is 1.70.